The number of hydrogen-bond acceptors (Lipinski definition) is 4. The number of nitrogen functional groups attached to an aromatic ring is 1. The molecule has 0 aliphatic carbocycles. The number of carboxylic acid groups (broad SMARTS) is 1. The highest BCUT2D eigenvalue weighted by atomic mass is 16.4. The van der Waals surface area contributed by atoms with Gasteiger partial charge in [-0.2, -0.15) is 0 Å². The molecule has 0 unspecified atom stereocenters. The van der Waals surface area contributed by atoms with E-state index in [0.29, 0.717) is 38.0 Å². The smallest absolute Gasteiger partial charge is 0.309 e. The summed E-state index contributed by atoms with van der Waals surface area (Å²) in [4.78, 5) is 29.3. The molecule has 108 valence electrons. The van der Waals surface area contributed by atoms with Crippen LogP contribution in [-0.4, -0.2) is 40.0 Å². The number of nitrogens with two attached hydrogens (primary N) is 1. The number of nitrogens with zero attached hydrogens (tertiary/aromatic N) is 2. The number of amides is 1. The summed E-state index contributed by atoms with van der Waals surface area (Å²) in [6.45, 7) is 2.73. The van der Waals surface area contributed by atoms with E-state index in [-0.39, 0.29) is 11.6 Å². The number of carbonyl (C=O) groups is 2. The van der Waals surface area contributed by atoms with E-state index in [4.69, 9.17) is 5.73 Å². The van der Waals surface area contributed by atoms with Crippen molar-refractivity contribution in [2.75, 3.05) is 18.8 Å². The van der Waals surface area contributed by atoms with Crippen LogP contribution in [0.15, 0.2) is 18.3 Å². The van der Waals surface area contributed by atoms with E-state index >= 15 is 0 Å². The van der Waals surface area contributed by atoms with Crippen molar-refractivity contribution in [1.82, 2.24) is 9.88 Å². The molecule has 6 heteroatoms. The maximum Gasteiger partial charge on any atom is 0.309 e. The Hall–Kier alpha value is -2.11. The van der Waals surface area contributed by atoms with E-state index in [9.17, 15) is 14.7 Å². The number of carboxylic acids is 1. The SMILES string of the molecule is CCC1(C(=O)O)CCN(C(=O)c2ncccc2N)CC1. The minimum absolute atomic E-state index is 0.224. The van der Waals surface area contributed by atoms with Gasteiger partial charge in [-0.3, -0.25) is 9.59 Å². The van der Waals surface area contributed by atoms with Crippen LogP contribution < -0.4 is 5.73 Å². The molecule has 1 fully saturated rings. The minimum atomic E-state index is -0.774. The van der Waals surface area contributed by atoms with Crippen molar-refractivity contribution < 1.29 is 14.7 Å². The van der Waals surface area contributed by atoms with Crippen LogP contribution in [0.1, 0.15) is 36.7 Å². The molecule has 3 N–H and O–H groups in total. The number of piperidine rings is 1. The van der Waals surface area contributed by atoms with Crippen LogP contribution in [0, 0.1) is 5.41 Å². The predicted molar refractivity (Wildman–Crippen MR) is 74.1 cm³/mol. The summed E-state index contributed by atoms with van der Waals surface area (Å²) in [5, 5.41) is 9.34. The average molecular weight is 277 g/mol. The van der Waals surface area contributed by atoms with E-state index in [1.807, 2.05) is 6.92 Å². The summed E-state index contributed by atoms with van der Waals surface area (Å²) in [5.41, 5.74) is 5.64. The average Bonchev–Trinajstić information content (AvgIpc) is 2.47. The number of pyridine rings is 1. The van der Waals surface area contributed by atoms with E-state index < -0.39 is 11.4 Å². The molecule has 0 atom stereocenters. The molecular weight excluding hydrogens is 258 g/mol. The van der Waals surface area contributed by atoms with Crippen LogP contribution in [-0.2, 0) is 4.79 Å². The molecule has 0 radical (unpaired) electrons. The molecule has 2 heterocycles. The zero-order chi connectivity index (χ0) is 14.8. The van der Waals surface area contributed by atoms with Gasteiger partial charge in [0.05, 0.1) is 11.1 Å². The zero-order valence-electron chi connectivity index (χ0n) is 11.5. The van der Waals surface area contributed by atoms with Crippen molar-refractivity contribution in [2.45, 2.75) is 26.2 Å². The number of aromatic nitrogens is 1. The second-order valence-electron chi connectivity index (χ2n) is 5.17. The first-order chi connectivity index (χ1) is 9.50. The molecule has 0 saturated carbocycles. The van der Waals surface area contributed by atoms with E-state index in [2.05, 4.69) is 4.98 Å². The molecule has 2 rings (SSSR count). The molecule has 0 bridgehead atoms. The Morgan fingerprint density at radius 3 is 2.60 bits per heavy atom. The van der Waals surface area contributed by atoms with Gasteiger partial charge in [0.1, 0.15) is 0 Å². The van der Waals surface area contributed by atoms with E-state index in [0.717, 1.165) is 0 Å². The summed E-state index contributed by atoms with van der Waals surface area (Å²) < 4.78 is 0. The van der Waals surface area contributed by atoms with Crippen molar-refractivity contribution in [1.29, 1.82) is 0 Å². The van der Waals surface area contributed by atoms with Gasteiger partial charge >= 0.3 is 5.97 Å². The van der Waals surface area contributed by atoms with Crippen LogP contribution in [0.5, 0.6) is 0 Å². The lowest BCUT2D eigenvalue weighted by molar-refractivity contribution is -0.152. The Balaban J connectivity index is 2.10. The van der Waals surface area contributed by atoms with Crippen LogP contribution >= 0.6 is 0 Å². The quantitative estimate of drug-likeness (QED) is 0.870. The topological polar surface area (TPSA) is 96.5 Å². The van der Waals surface area contributed by atoms with Crippen LogP contribution in [0.2, 0.25) is 0 Å². The second kappa shape index (κ2) is 5.48. The van der Waals surface area contributed by atoms with Gasteiger partial charge in [-0.25, -0.2) is 4.98 Å². The van der Waals surface area contributed by atoms with Crippen LogP contribution in [0.25, 0.3) is 0 Å². The monoisotopic (exact) mass is 277 g/mol. The van der Waals surface area contributed by atoms with Crippen LogP contribution in [0.3, 0.4) is 0 Å². The number of carbonyl (C=O) groups excluding carboxylic acids is 1. The highest BCUT2D eigenvalue weighted by Gasteiger charge is 2.41. The number of likely N-dealkylation sites (tertiary alicyclic amines) is 1. The van der Waals surface area contributed by atoms with Crippen molar-refractivity contribution in [3.05, 3.63) is 24.0 Å². The summed E-state index contributed by atoms with van der Waals surface area (Å²) in [6.07, 6.45) is 3.05. The lowest BCUT2D eigenvalue weighted by Gasteiger charge is -2.38. The van der Waals surface area contributed by atoms with E-state index in [1.165, 1.54) is 6.20 Å². The van der Waals surface area contributed by atoms with Crippen molar-refractivity contribution in [3.63, 3.8) is 0 Å². The molecule has 0 spiro atoms. The fourth-order valence-corrected chi connectivity index (χ4v) is 2.60. The Kier molecular flexibility index (Phi) is 3.92. The molecule has 1 amide bonds. The van der Waals surface area contributed by atoms with Gasteiger partial charge in [-0.1, -0.05) is 6.92 Å². The number of anilines is 1. The fourth-order valence-electron chi connectivity index (χ4n) is 2.60. The molecule has 20 heavy (non-hydrogen) atoms. The maximum atomic E-state index is 12.3. The van der Waals surface area contributed by atoms with Crippen molar-refractivity contribution in [3.8, 4) is 0 Å². The maximum absolute atomic E-state index is 12.3. The standard InChI is InChI=1S/C14H19N3O3/c1-2-14(13(19)20)5-8-17(9-6-14)12(18)11-10(15)4-3-7-16-11/h3-4,7H,2,5-6,8-9,15H2,1H3,(H,19,20). The third kappa shape index (κ3) is 2.45. The second-order valence-corrected chi connectivity index (χ2v) is 5.17. The Bertz CT molecular complexity index is 522. The van der Waals surface area contributed by atoms with E-state index in [1.54, 1.807) is 17.0 Å². The molecule has 1 aliphatic rings. The fraction of sp³-hybridized carbons (Fsp3) is 0.500. The lowest BCUT2D eigenvalue weighted by atomic mass is 9.76. The van der Waals surface area contributed by atoms with Crippen LogP contribution in [0.4, 0.5) is 5.69 Å². The third-order valence-electron chi connectivity index (χ3n) is 4.18. The summed E-state index contributed by atoms with van der Waals surface area (Å²) >= 11 is 0. The zero-order valence-corrected chi connectivity index (χ0v) is 11.5. The summed E-state index contributed by atoms with van der Waals surface area (Å²) in [5.74, 6) is -0.998. The molecule has 1 aliphatic heterocycles. The predicted octanol–water partition coefficient (Wildman–Crippen LogP) is 1.38. The first kappa shape index (κ1) is 14.3. The third-order valence-corrected chi connectivity index (χ3v) is 4.18. The lowest BCUT2D eigenvalue weighted by Crippen LogP contribution is -2.46. The molecule has 1 aromatic heterocycles. The van der Waals surface area contributed by atoms with Gasteiger partial charge in [0.2, 0.25) is 0 Å². The molecule has 0 aromatic carbocycles. The van der Waals surface area contributed by atoms with Crippen molar-refractivity contribution >= 4 is 17.6 Å². The van der Waals surface area contributed by atoms with Gasteiger partial charge in [0.25, 0.3) is 5.91 Å². The van der Waals surface area contributed by atoms with Gasteiger partial charge in [-0.15, -0.1) is 0 Å². The molecule has 6 nitrogen and oxygen atoms in total. The highest BCUT2D eigenvalue weighted by molar-refractivity contribution is 5.97. The molecular formula is C14H19N3O3. The van der Waals surface area contributed by atoms with Gasteiger partial charge in [-0.05, 0) is 31.4 Å². The first-order valence-corrected chi connectivity index (χ1v) is 6.73. The number of rotatable bonds is 3. The Labute approximate surface area is 117 Å². The highest BCUT2D eigenvalue weighted by Crippen LogP contribution is 2.35. The normalized spacial score (nSPS) is 17.8. The Morgan fingerprint density at radius 1 is 1.45 bits per heavy atom. The molecule has 1 saturated heterocycles. The minimum Gasteiger partial charge on any atom is -0.481 e. The largest absolute Gasteiger partial charge is 0.481 e. The Morgan fingerprint density at radius 2 is 2.10 bits per heavy atom. The number of aliphatic carboxylic acids is 1. The first-order valence-electron chi connectivity index (χ1n) is 6.73. The van der Waals surface area contributed by atoms with Crippen molar-refractivity contribution in [2.24, 2.45) is 5.41 Å². The van der Waals surface area contributed by atoms with Gasteiger partial charge in [0, 0.05) is 19.3 Å². The van der Waals surface area contributed by atoms with Gasteiger partial charge < -0.3 is 15.7 Å². The summed E-state index contributed by atoms with van der Waals surface area (Å²) in [7, 11) is 0. The summed E-state index contributed by atoms with van der Waals surface area (Å²) in [6, 6.07) is 3.31. The van der Waals surface area contributed by atoms with Gasteiger partial charge in [0.15, 0.2) is 5.69 Å². The number of hydrogen-bond donors (Lipinski definition) is 2. The molecule has 1 aromatic rings.